The lowest BCUT2D eigenvalue weighted by molar-refractivity contribution is 1.65. The molecule has 0 aliphatic carbocycles. The Morgan fingerprint density at radius 3 is 2.00 bits per heavy atom. The van der Waals surface area contributed by atoms with Gasteiger partial charge in [0.15, 0.2) is 8.83 Å². The Hall–Kier alpha value is 0.687. The topological polar surface area (TPSA) is 0 Å². The van der Waals surface area contributed by atoms with Gasteiger partial charge < -0.3 is 0 Å². The van der Waals surface area contributed by atoms with Crippen molar-refractivity contribution in [2.75, 3.05) is 0 Å². The Morgan fingerprint density at radius 1 is 1.10 bits per heavy atom. The van der Waals surface area contributed by atoms with Crippen LogP contribution < -0.4 is 5.19 Å². The molecule has 0 aromatic heterocycles. The lowest BCUT2D eigenvalue weighted by Crippen LogP contribution is -2.07. The van der Waals surface area contributed by atoms with Gasteiger partial charge in [0.25, 0.3) is 0 Å². The molecular formula is C6H5Br2ClSi. The number of rotatable bonds is 1. The number of hydrogen-bond acceptors (Lipinski definition) is 0. The normalized spacial score (nSPS) is 11.1. The van der Waals surface area contributed by atoms with E-state index in [1.54, 1.807) is 0 Å². The fraction of sp³-hybridized carbons (Fsp3) is 0. The fourth-order valence-corrected chi connectivity index (χ4v) is 3.73. The SMILES string of the molecule is Cl[SiH2]c1cc(Br)cc(Br)c1. The molecule has 0 amide bonds. The molecule has 10 heavy (non-hydrogen) atoms. The van der Waals surface area contributed by atoms with E-state index < -0.39 is 8.83 Å². The molecule has 4 heteroatoms. The van der Waals surface area contributed by atoms with Crippen LogP contribution in [0.3, 0.4) is 0 Å². The van der Waals surface area contributed by atoms with Crippen LogP contribution in [-0.2, 0) is 0 Å². The maximum atomic E-state index is 5.77. The zero-order chi connectivity index (χ0) is 7.56. The minimum absolute atomic E-state index is 0.539. The van der Waals surface area contributed by atoms with Crippen molar-refractivity contribution in [3.63, 3.8) is 0 Å². The maximum Gasteiger partial charge on any atom is 0.155 e. The summed E-state index contributed by atoms with van der Waals surface area (Å²) in [7, 11) is -0.539. The second-order valence-electron chi connectivity index (χ2n) is 1.91. The molecule has 0 heterocycles. The predicted octanol–water partition coefficient (Wildman–Crippen LogP) is 2.16. The van der Waals surface area contributed by atoms with E-state index >= 15 is 0 Å². The van der Waals surface area contributed by atoms with Crippen LogP contribution in [0.2, 0.25) is 0 Å². The van der Waals surface area contributed by atoms with Gasteiger partial charge >= 0.3 is 0 Å². The first-order valence-corrected chi connectivity index (χ1v) is 7.16. The van der Waals surface area contributed by atoms with Gasteiger partial charge in [-0.3, -0.25) is 0 Å². The van der Waals surface area contributed by atoms with Gasteiger partial charge in [-0.05, 0) is 23.4 Å². The third-order valence-corrected chi connectivity index (χ3v) is 3.63. The van der Waals surface area contributed by atoms with Crippen LogP contribution in [0, 0.1) is 0 Å². The van der Waals surface area contributed by atoms with E-state index in [0.717, 1.165) is 8.95 Å². The van der Waals surface area contributed by atoms with Crippen LogP contribution in [0.4, 0.5) is 0 Å². The van der Waals surface area contributed by atoms with Crippen molar-refractivity contribution in [2.24, 2.45) is 0 Å². The van der Waals surface area contributed by atoms with Crippen molar-refractivity contribution in [3.05, 3.63) is 27.1 Å². The van der Waals surface area contributed by atoms with Crippen molar-refractivity contribution in [2.45, 2.75) is 0 Å². The van der Waals surface area contributed by atoms with Gasteiger partial charge in [0, 0.05) is 8.95 Å². The summed E-state index contributed by atoms with van der Waals surface area (Å²) in [6, 6.07) is 6.12. The molecule has 54 valence electrons. The van der Waals surface area contributed by atoms with E-state index in [0.29, 0.717) is 0 Å². The summed E-state index contributed by atoms with van der Waals surface area (Å²) in [5, 5.41) is 1.25. The Morgan fingerprint density at radius 2 is 1.60 bits per heavy atom. The highest BCUT2D eigenvalue weighted by molar-refractivity contribution is 9.11. The second kappa shape index (κ2) is 3.90. The highest BCUT2D eigenvalue weighted by atomic mass is 79.9. The number of halogens is 3. The molecule has 0 nitrogen and oxygen atoms in total. The third-order valence-electron chi connectivity index (χ3n) is 1.08. The largest absolute Gasteiger partial charge is 0.170 e. The molecule has 0 N–H and O–H groups in total. The van der Waals surface area contributed by atoms with Gasteiger partial charge in [-0.1, -0.05) is 31.9 Å². The molecule has 0 saturated heterocycles. The van der Waals surface area contributed by atoms with E-state index in [-0.39, 0.29) is 0 Å². The monoisotopic (exact) mass is 298 g/mol. The summed E-state index contributed by atoms with van der Waals surface area (Å²) in [6.07, 6.45) is 0. The van der Waals surface area contributed by atoms with Crippen LogP contribution in [0.1, 0.15) is 0 Å². The predicted molar refractivity (Wildman–Crippen MR) is 55.9 cm³/mol. The Balaban J connectivity index is 3.06. The van der Waals surface area contributed by atoms with Crippen LogP contribution >= 0.6 is 42.9 Å². The molecule has 0 unspecified atom stereocenters. The van der Waals surface area contributed by atoms with E-state index in [1.807, 2.05) is 6.07 Å². The lowest BCUT2D eigenvalue weighted by atomic mass is 10.4. The summed E-state index contributed by atoms with van der Waals surface area (Å²) in [4.78, 5) is 0. The van der Waals surface area contributed by atoms with E-state index in [9.17, 15) is 0 Å². The molecule has 0 bridgehead atoms. The fourth-order valence-electron chi connectivity index (χ4n) is 0.688. The molecule has 0 saturated carbocycles. The standard InChI is InChI=1S/C6H5Br2ClSi/c7-4-1-5(8)3-6(2-4)10-9/h1-3H,10H2. The Labute approximate surface area is 83.7 Å². The highest BCUT2D eigenvalue weighted by Gasteiger charge is 1.95. The van der Waals surface area contributed by atoms with Gasteiger partial charge in [-0.25, -0.2) is 0 Å². The molecule has 0 radical (unpaired) electrons. The van der Waals surface area contributed by atoms with Gasteiger partial charge in [0.1, 0.15) is 0 Å². The summed E-state index contributed by atoms with van der Waals surface area (Å²) >= 11 is 12.5. The smallest absolute Gasteiger partial charge is 0.155 e. The van der Waals surface area contributed by atoms with E-state index in [2.05, 4.69) is 44.0 Å². The maximum absolute atomic E-state index is 5.77. The molecule has 0 atom stereocenters. The minimum Gasteiger partial charge on any atom is -0.170 e. The minimum atomic E-state index is -0.539. The van der Waals surface area contributed by atoms with Gasteiger partial charge in [-0.15, -0.1) is 0 Å². The summed E-state index contributed by atoms with van der Waals surface area (Å²) in [6.45, 7) is 0. The van der Waals surface area contributed by atoms with Gasteiger partial charge in [0.2, 0.25) is 0 Å². The summed E-state index contributed by atoms with van der Waals surface area (Å²) < 4.78 is 2.18. The first-order chi connectivity index (χ1) is 4.72. The van der Waals surface area contributed by atoms with Crippen LogP contribution in [0.25, 0.3) is 0 Å². The van der Waals surface area contributed by atoms with Crippen LogP contribution in [0.5, 0.6) is 0 Å². The Bertz CT molecular complexity index is 219. The quantitative estimate of drug-likeness (QED) is 0.551. The third kappa shape index (κ3) is 2.38. The zero-order valence-corrected chi connectivity index (χ0v) is 10.4. The molecule has 1 aromatic carbocycles. The van der Waals surface area contributed by atoms with Crippen molar-refractivity contribution < 1.29 is 0 Å². The average molecular weight is 300 g/mol. The molecule has 0 aliphatic rings. The average Bonchev–Trinajstić information content (AvgIpc) is 1.85. The van der Waals surface area contributed by atoms with Gasteiger partial charge in [-0.2, -0.15) is 11.1 Å². The van der Waals surface area contributed by atoms with E-state index in [1.165, 1.54) is 5.19 Å². The van der Waals surface area contributed by atoms with Crippen LogP contribution in [-0.4, -0.2) is 8.83 Å². The molecule has 1 aromatic rings. The second-order valence-corrected chi connectivity index (χ2v) is 5.63. The first kappa shape index (κ1) is 8.78. The zero-order valence-electron chi connectivity index (χ0n) is 5.07. The number of hydrogen-bond donors (Lipinski definition) is 0. The van der Waals surface area contributed by atoms with Gasteiger partial charge in [0.05, 0.1) is 0 Å². The Kier molecular flexibility index (Phi) is 3.43. The van der Waals surface area contributed by atoms with Crippen molar-refractivity contribution in [3.8, 4) is 0 Å². The van der Waals surface area contributed by atoms with Crippen molar-refractivity contribution in [1.82, 2.24) is 0 Å². The van der Waals surface area contributed by atoms with E-state index in [4.69, 9.17) is 11.1 Å². The molecule has 0 aliphatic heterocycles. The van der Waals surface area contributed by atoms with Crippen LogP contribution in [0.15, 0.2) is 27.1 Å². The number of benzene rings is 1. The molecule has 1 rings (SSSR count). The van der Waals surface area contributed by atoms with Crippen molar-refractivity contribution >= 4 is 57.0 Å². The molecular weight excluding hydrogens is 295 g/mol. The summed E-state index contributed by atoms with van der Waals surface area (Å²) in [5.74, 6) is 0. The van der Waals surface area contributed by atoms with Crippen molar-refractivity contribution in [1.29, 1.82) is 0 Å². The summed E-state index contributed by atoms with van der Waals surface area (Å²) in [5.41, 5.74) is 0. The first-order valence-electron chi connectivity index (χ1n) is 2.73. The molecule has 0 fully saturated rings. The lowest BCUT2D eigenvalue weighted by Gasteiger charge is -1.96. The molecule has 0 spiro atoms. The highest BCUT2D eigenvalue weighted by Crippen LogP contribution is 2.14.